The lowest BCUT2D eigenvalue weighted by atomic mass is 10.2. The van der Waals surface area contributed by atoms with Gasteiger partial charge < -0.3 is 10.6 Å². The third-order valence-electron chi connectivity index (χ3n) is 3.39. The number of amides is 2. The first-order valence-corrected chi connectivity index (χ1v) is 8.31. The summed E-state index contributed by atoms with van der Waals surface area (Å²) in [5.41, 5.74) is 1.92. The molecule has 0 spiro atoms. The molecule has 2 rings (SSSR count). The Morgan fingerprint density at radius 1 is 0.667 bits per heavy atom. The molecule has 2 aromatic rings. The van der Waals surface area contributed by atoms with Crippen LogP contribution < -0.4 is 10.6 Å². The summed E-state index contributed by atoms with van der Waals surface area (Å²) in [7, 11) is 0. The Kier molecular flexibility index (Phi) is 7.09. The second-order valence-corrected chi connectivity index (χ2v) is 6.18. The van der Waals surface area contributed by atoms with Crippen LogP contribution in [0.2, 0.25) is 10.0 Å². The predicted molar refractivity (Wildman–Crippen MR) is 95.8 cm³/mol. The summed E-state index contributed by atoms with van der Waals surface area (Å²) in [6, 6.07) is 14.5. The standard InChI is InChI=1S/C18H18Cl2N2O2/c19-15-5-1-13(2-6-15)11-21-17(23)9-10-18(24)22-12-14-3-7-16(20)8-4-14/h1-8H,9-12H2,(H,21,23)(H,22,24). The summed E-state index contributed by atoms with van der Waals surface area (Å²) in [6.07, 6.45) is 0.306. The molecular weight excluding hydrogens is 347 g/mol. The van der Waals surface area contributed by atoms with Crippen molar-refractivity contribution >= 4 is 35.0 Å². The van der Waals surface area contributed by atoms with Gasteiger partial charge in [-0.15, -0.1) is 0 Å². The number of nitrogens with one attached hydrogen (secondary N) is 2. The molecule has 0 radical (unpaired) electrons. The fraction of sp³-hybridized carbons (Fsp3) is 0.222. The number of carbonyl (C=O) groups is 2. The molecule has 0 bridgehead atoms. The number of hydrogen-bond acceptors (Lipinski definition) is 2. The van der Waals surface area contributed by atoms with Gasteiger partial charge in [-0.3, -0.25) is 9.59 Å². The number of halogens is 2. The third kappa shape index (κ3) is 6.60. The molecule has 2 amide bonds. The summed E-state index contributed by atoms with van der Waals surface area (Å²) in [6.45, 7) is 0.838. The summed E-state index contributed by atoms with van der Waals surface area (Å²) >= 11 is 11.6. The fourth-order valence-electron chi connectivity index (χ4n) is 2.01. The third-order valence-corrected chi connectivity index (χ3v) is 3.89. The molecule has 0 aliphatic carbocycles. The molecule has 0 saturated heterocycles. The molecule has 0 unspecified atom stereocenters. The van der Waals surface area contributed by atoms with Crippen molar-refractivity contribution in [1.82, 2.24) is 10.6 Å². The van der Waals surface area contributed by atoms with E-state index in [4.69, 9.17) is 23.2 Å². The molecule has 2 N–H and O–H groups in total. The van der Waals surface area contributed by atoms with Crippen LogP contribution in [0.5, 0.6) is 0 Å². The van der Waals surface area contributed by atoms with E-state index in [2.05, 4.69) is 10.6 Å². The first-order valence-electron chi connectivity index (χ1n) is 7.55. The zero-order chi connectivity index (χ0) is 17.4. The largest absolute Gasteiger partial charge is 0.352 e. The van der Waals surface area contributed by atoms with Crippen LogP contribution >= 0.6 is 23.2 Å². The lowest BCUT2D eigenvalue weighted by Crippen LogP contribution is -2.27. The van der Waals surface area contributed by atoms with E-state index in [1.54, 1.807) is 24.3 Å². The topological polar surface area (TPSA) is 58.2 Å². The van der Waals surface area contributed by atoms with Crippen LogP contribution in [0.3, 0.4) is 0 Å². The van der Waals surface area contributed by atoms with E-state index in [0.717, 1.165) is 11.1 Å². The molecule has 0 fully saturated rings. The first kappa shape index (κ1) is 18.3. The maximum Gasteiger partial charge on any atom is 0.220 e. The van der Waals surface area contributed by atoms with Gasteiger partial charge in [-0.2, -0.15) is 0 Å². The Morgan fingerprint density at radius 2 is 1.00 bits per heavy atom. The Balaban J connectivity index is 1.64. The monoisotopic (exact) mass is 364 g/mol. The number of rotatable bonds is 7. The average molecular weight is 365 g/mol. The van der Waals surface area contributed by atoms with Gasteiger partial charge >= 0.3 is 0 Å². The molecule has 0 saturated carbocycles. The molecule has 6 heteroatoms. The van der Waals surface area contributed by atoms with E-state index in [1.807, 2.05) is 24.3 Å². The minimum atomic E-state index is -0.161. The Labute approximate surface area is 151 Å². The van der Waals surface area contributed by atoms with Crippen LogP contribution in [0.4, 0.5) is 0 Å². The van der Waals surface area contributed by atoms with Gasteiger partial charge in [0.25, 0.3) is 0 Å². The molecular formula is C18H18Cl2N2O2. The van der Waals surface area contributed by atoms with E-state index in [-0.39, 0.29) is 24.7 Å². The van der Waals surface area contributed by atoms with E-state index in [9.17, 15) is 9.59 Å². The number of carbonyl (C=O) groups excluding carboxylic acids is 2. The number of benzene rings is 2. The quantitative estimate of drug-likeness (QED) is 0.786. The van der Waals surface area contributed by atoms with Gasteiger partial charge in [0, 0.05) is 36.0 Å². The Hall–Kier alpha value is -2.04. The maximum absolute atomic E-state index is 11.8. The van der Waals surface area contributed by atoms with Gasteiger partial charge in [-0.05, 0) is 35.4 Å². The van der Waals surface area contributed by atoms with Crippen molar-refractivity contribution in [3.8, 4) is 0 Å². The van der Waals surface area contributed by atoms with Crippen molar-refractivity contribution in [2.75, 3.05) is 0 Å². The van der Waals surface area contributed by atoms with Gasteiger partial charge in [-0.1, -0.05) is 47.5 Å². The van der Waals surface area contributed by atoms with Gasteiger partial charge in [-0.25, -0.2) is 0 Å². The summed E-state index contributed by atoms with van der Waals surface area (Å²) in [5.74, 6) is -0.321. The highest BCUT2D eigenvalue weighted by atomic mass is 35.5. The predicted octanol–water partition coefficient (Wildman–Crippen LogP) is 3.71. The molecule has 2 aromatic carbocycles. The highest BCUT2D eigenvalue weighted by molar-refractivity contribution is 6.30. The molecule has 0 aliphatic heterocycles. The molecule has 24 heavy (non-hydrogen) atoms. The van der Waals surface area contributed by atoms with Gasteiger partial charge in [0.15, 0.2) is 0 Å². The maximum atomic E-state index is 11.8. The van der Waals surface area contributed by atoms with Crippen molar-refractivity contribution in [1.29, 1.82) is 0 Å². The summed E-state index contributed by atoms with van der Waals surface area (Å²) in [5, 5.41) is 6.86. The molecule has 0 aromatic heterocycles. The van der Waals surface area contributed by atoms with E-state index in [0.29, 0.717) is 23.1 Å². The second kappa shape index (κ2) is 9.30. The molecule has 4 nitrogen and oxygen atoms in total. The normalized spacial score (nSPS) is 10.2. The first-order chi connectivity index (χ1) is 11.5. The van der Waals surface area contributed by atoms with Crippen LogP contribution in [-0.4, -0.2) is 11.8 Å². The Morgan fingerprint density at radius 3 is 1.33 bits per heavy atom. The van der Waals surface area contributed by atoms with E-state index < -0.39 is 0 Å². The molecule has 0 atom stereocenters. The van der Waals surface area contributed by atoms with Gasteiger partial charge in [0.05, 0.1) is 0 Å². The van der Waals surface area contributed by atoms with Crippen molar-refractivity contribution in [2.45, 2.75) is 25.9 Å². The van der Waals surface area contributed by atoms with Crippen LogP contribution in [0.15, 0.2) is 48.5 Å². The lowest BCUT2D eigenvalue weighted by Gasteiger charge is -2.07. The van der Waals surface area contributed by atoms with Crippen LogP contribution in [0.25, 0.3) is 0 Å². The van der Waals surface area contributed by atoms with Crippen molar-refractivity contribution in [3.05, 3.63) is 69.7 Å². The zero-order valence-electron chi connectivity index (χ0n) is 13.0. The van der Waals surface area contributed by atoms with Crippen LogP contribution in [0, 0.1) is 0 Å². The average Bonchev–Trinajstić information content (AvgIpc) is 2.59. The summed E-state index contributed by atoms with van der Waals surface area (Å²) in [4.78, 5) is 23.5. The highest BCUT2D eigenvalue weighted by Gasteiger charge is 2.07. The lowest BCUT2D eigenvalue weighted by molar-refractivity contribution is -0.126. The van der Waals surface area contributed by atoms with Crippen LogP contribution in [0.1, 0.15) is 24.0 Å². The Bertz CT molecular complexity index is 624. The van der Waals surface area contributed by atoms with E-state index in [1.165, 1.54) is 0 Å². The minimum absolute atomic E-state index is 0.153. The SMILES string of the molecule is O=C(CCC(=O)NCc1ccc(Cl)cc1)NCc1ccc(Cl)cc1. The molecule has 0 aliphatic rings. The fourth-order valence-corrected chi connectivity index (χ4v) is 2.26. The van der Waals surface area contributed by atoms with Crippen molar-refractivity contribution < 1.29 is 9.59 Å². The summed E-state index contributed by atoms with van der Waals surface area (Å²) < 4.78 is 0. The van der Waals surface area contributed by atoms with Gasteiger partial charge in [0.1, 0.15) is 0 Å². The minimum Gasteiger partial charge on any atom is -0.352 e. The van der Waals surface area contributed by atoms with Gasteiger partial charge in [0.2, 0.25) is 11.8 Å². The zero-order valence-corrected chi connectivity index (χ0v) is 14.5. The van der Waals surface area contributed by atoms with E-state index >= 15 is 0 Å². The van der Waals surface area contributed by atoms with Crippen LogP contribution in [-0.2, 0) is 22.7 Å². The second-order valence-electron chi connectivity index (χ2n) is 5.31. The van der Waals surface area contributed by atoms with Crippen molar-refractivity contribution in [3.63, 3.8) is 0 Å². The highest BCUT2D eigenvalue weighted by Crippen LogP contribution is 2.10. The van der Waals surface area contributed by atoms with Crippen molar-refractivity contribution in [2.24, 2.45) is 0 Å². The number of hydrogen-bond donors (Lipinski definition) is 2. The smallest absolute Gasteiger partial charge is 0.220 e. The molecule has 0 heterocycles. The molecule has 126 valence electrons.